The molecule has 0 spiro atoms. The van der Waals surface area contributed by atoms with Crippen molar-refractivity contribution in [1.82, 2.24) is 0 Å². The highest BCUT2D eigenvalue weighted by atomic mass is 16.5. The number of nitrogens with zero attached hydrogens (tertiary/aromatic N) is 6. The lowest BCUT2D eigenvalue weighted by atomic mass is 9.88. The Kier molecular flexibility index (Phi) is 46.4. The van der Waals surface area contributed by atoms with Gasteiger partial charge < -0.3 is 9.47 Å². The first-order valence-electron chi connectivity index (χ1n) is 15.1. The van der Waals surface area contributed by atoms with E-state index >= 15 is 0 Å². The van der Waals surface area contributed by atoms with Crippen molar-refractivity contribution in [1.29, 1.82) is 10.5 Å². The van der Waals surface area contributed by atoms with Gasteiger partial charge in [-0.05, 0) is 73.6 Å². The lowest BCUT2D eigenvalue weighted by molar-refractivity contribution is 0.256. The van der Waals surface area contributed by atoms with Crippen LogP contribution in [-0.4, -0.2) is 37.5 Å². The zero-order valence-corrected chi connectivity index (χ0v) is 29.8. The van der Waals surface area contributed by atoms with Gasteiger partial charge in [-0.25, -0.2) is 39.1 Å². The van der Waals surface area contributed by atoms with Crippen molar-refractivity contribution in [3.8, 4) is 12.5 Å². The molecule has 0 N–H and O–H groups in total. The van der Waals surface area contributed by atoms with Gasteiger partial charge in [-0.15, -0.1) is 0 Å². The molecule has 2 aromatic carbocycles. The Labute approximate surface area is 280 Å². The summed E-state index contributed by atoms with van der Waals surface area (Å²) in [6.07, 6.45) is 9.07. The monoisotopic (exact) mass is 650 g/mol. The topological polar surface area (TPSA) is 184 Å². The molecule has 0 fully saturated rings. The molecule has 0 amide bonds. The van der Waals surface area contributed by atoms with Crippen LogP contribution in [0.3, 0.4) is 0 Å². The Morgan fingerprint density at radius 2 is 0.957 bits per heavy atom. The average molecular weight is 651 g/mol. The highest BCUT2D eigenvalue weighted by Gasteiger charge is 2.17. The maximum Gasteiger partial charge on any atom is 0.286 e. The van der Waals surface area contributed by atoms with Crippen LogP contribution in [0.1, 0.15) is 94.3 Å². The quantitative estimate of drug-likeness (QED) is 0.142. The highest BCUT2D eigenvalue weighted by molar-refractivity contribution is 5.51. The molecule has 0 aliphatic heterocycles. The first kappa shape index (κ1) is 51.1. The predicted octanol–water partition coefficient (Wildman–Crippen LogP) is 7.73. The van der Waals surface area contributed by atoms with Crippen LogP contribution in [0.5, 0.6) is 0 Å². The van der Waals surface area contributed by atoms with E-state index in [9.17, 15) is 14.4 Å². The summed E-state index contributed by atoms with van der Waals surface area (Å²) in [4.78, 5) is 53.3. The summed E-state index contributed by atoms with van der Waals surface area (Å²) in [5, 5.41) is 16.2. The fourth-order valence-corrected chi connectivity index (χ4v) is 3.24. The number of hydrogen-bond acceptors (Lipinski definition) is 12. The van der Waals surface area contributed by atoms with E-state index in [0.717, 1.165) is 38.9 Å². The molecular weight excluding hydrogens is 600 g/mol. The minimum absolute atomic E-state index is 0.129. The van der Waals surface area contributed by atoms with Gasteiger partial charge in [0.25, 0.3) is 12.5 Å². The van der Waals surface area contributed by atoms with Crippen LogP contribution in [-0.2, 0) is 54.9 Å². The minimum atomic E-state index is 0.129. The van der Waals surface area contributed by atoms with Crippen molar-refractivity contribution in [2.75, 3.05) is 13.2 Å². The number of isocyanates is 4. The molecule has 0 saturated heterocycles. The van der Waals surface area contributed by atoms with Gasteiger partial charge in [0.1, 0.15) is 6.61 Å². The van der Waals surface area contributed by atoms with E-state index in [4.69, 9.17) is 20.1 Å². The van der Waals surface area contributed by atoms with Crippen LogP contribution in [0.4, 0.5) is 0 Å². The molecule has 12 heteroatoms. The molecule has 0 bridgehead atoms. The summed E-state index contributed by atoms with van der Waals surface area (Å²) >= 11 is 0. The van der Waals surface area contributed by atoms with Gasteiger partial charge >= 0.3 is 0 Å². The summed E-state index contributed by atoms with van der Waals surface area (Å²) in [7, 11) is 0. The Balaban J connectivity index is -0.000000187. The Morgan fingerprint density at radius 3 is 1.26 bits per heavy atom. The van der Waals surface area contributed by atoms with Crippen molar-refractivity contribution < 1.29 is 28.7 Å². The standard InChI is InChI=1S/C15H15N3O3.C8H7NO.2C3H5NO.3C2H6/c1-10-13(4-17-8-19)11(2)15(6-21-7-16)12(3)14(10)5-18-9-20;10-7-9-6-8-4-2-1-3-5-8;1-2-5-3-4;1-2-4-3-5;3*1-2/h4-6H2,1-3H3;1-5H,6H2;2*2H2,1H3;3*1-2H3. The van der Waals surface area contributed by atoms with Gasteiger partial charge in [-0.1, -0.05) is 71.9 Å². The maximum absolute atomic E-state index is 10.4. The Bertz CT molecular complexity index is 1290. The number of aliphatic imine (C=N–C) groups is 4. The molecule has 0 atom stereocenters. The lowest BCUT2D eigenvalue weighted by Gasteiger charge is -2.19. The fourth-order valence-electron chi connectivity index (χ4n) is 3.24. The molecule has 0 aliphatic carbocycles. The number of carbonyl (C=O) groups excluding carboxylic acids is 4. The third-order valence-electron chi connectivity index (χ3n) is 5.20. The van der Waals surface area contributed by atoms with Gasteiger partial charge in [-0.2, -0.15) is 10.5 Å². The number of hydrogen-bond donors (Lipinski definition) is 0. The Hall–Kier alpha value is -5.46. The predicted molar refractivity (Wildman–Crippen MR) is 183 cm³/mol. The van der Waals surface area contributed by atoms with E-state index < -0.39 is 0 Å². The van der Waals surface area contributed by atoms with E-state index in [1.807, 2.05) is 92.6 Å². The van der Waals surface area contributed by atoms with Gasteiger partial charge in [0.15, 0.2) is 0 Å². The lowest BCUT2D eigenvalue weighted by Crippen LogP contribution is -2.08. The zero-order valence-electron chi connectivity index (χ0n) is 29.8. The molecule has 0 heterocycles. The Morgan fingerprint density at radius 1 is 0.574 bits per heavy atom. The van der Waals surface area contributed by atoms with Crippen LogP contribution in [0.2, 0.25) is 0 Å². The number of rotatable bonds is 10. The van der Waals surface area contributed by atoms with Crippen LogP contribution in [0.15, 0.2) is 50.3 Å². The van der Waals surface area contributed by atoms with Crippen molar-refractivity contribution >= 4 is 24.3 Å². The largest absolute Gasteiger partial charge is 0.428 e. The van der Waals surface area contributed by atoms with E-state index in [1.54, 1.807) is 20.1 Å². The van der Waals surface area contributed by atoms with Gasteiger partial charge in [-0.3, -0.25) is 0 Å². The van der Waals surface area contributed by atoms with Crippen LogP contribution < -0.4 is 0 Å². The number of ether oxygens (including phenoxy) is 2. The van der Waals surface area contributed by atoms with Crippen LogP contribution >= 0.6 is 0 Å². The second-order valence-electron chi connectivity index (χ2n) is 7.49. The average Bonchev–Trinajstić information content (AvgIpc) is 3.12. The minimum Gasteiger partial charge on any atom is -0.428 e. The van der Waals surface area contributed by atoms with Gasteiger partial charge in [0.05, 0.1) is 26.2 Å². The summed E-state index contributed by atoms with van der Waals surface area (Å²) in [5.41, 5.74) is 6.34. The zero-order chi connectivity index (χ0) is 37.3. The van der Waals surface area contributed by atoms with Crippen LogP contribution in [0.25, 0.3) is 0 Å². The second-order valence-corrected chi connectivity index (χ2v) is 7.49. The summed E-state index contributed by atoms with van der Waals surface area (Å²) in [6, 6.07) is 9.58. The van der Waals surface area contributed by atoms with Crippen molar-refractivity contribution in [3.63, 3.8) is 0 Å². The third-order valence-corrected chi connectivity index (χ3v) is 5.20. The molecule has 0 aliphatic rings. The fraction of sp³-hybridized carbons (Fsp3) is 0.486. The number of nitriles is 2. The molecule has 0 aromatic heterocycles. The smallest absolute Gasteiger partial charge is 0.286 e. The van der Waals surface area contributed by atoms with Gasteiger partial charge in [0.2, 0.25) is 24.3 Å². The van der Waals surface area contributed by atoms with Crippen molar-refractivity contribution in [2.45, 2.75) is 102 Å². The molecule has 2 aromatic rings. The first-order chi connectivity index (χ1) is 22.8. The summed E-state index contributed by atoms with van der Waals surface area (Å²) in [6.45, 7) is 23.2. The molecule has 12 nitrogen and oxygen atoms in total. The molecule has 256 valence electrons. The first-order valence-corrected chi connectivity index (χ1v) is 15.1. The summed E-state index contributed by atoms with van der Waals surface area (Å²) in [5.74, 6) is 0. The molecule has 47 heavy (non-hydrogen) atoms. The van der Waals surface area contributed by atoms with Gasteiger partial charge in [0, 0.05) is 6.54 Å². The third kappa shape index (κ3) is 27.8. The molecule has 0 saturated carbocycles. The molecule has 0 radical (unpaired) electrons. The van der Waals surface area contributed by atoms with Crippen molar-refractivity contribution in [3.05, 3.63) is 69.3 Å². The SMILES string of the molecule is CC.CC.CC.CCN=C=O.CCOC#N.Cc1c(CN=C=O)c(C)c(COC#N)c(C)c1CN=C=O.O=C=NCc1ccccc1. The van der Waals surface area contributed by atoms with E-state index in [-0.39, 0.29) is 19.7 Å². The highest BCUT2D eigenvalue weighted by Crippen LogP contribution is 2.29. The maximum atomic E-state index is 10.4. The molecule has 0 unspecified atom stereocenters. The van der Waals surface area contributed by atoms with E-state index in [2.05, 4.69) is 24.7 Å². The normalized spacial score (nSPS) is 7.51. The van der Waals surface area contributed by atoms with E-state index in [0.29, 0.717) is 19.7 Å². The summed E-state index contributed by atoms with van der Waals surface area (Å²) < 4.78 is 8.97. The van der Waals surface area contributed by atoms with Crippen molar-refractivity contribution in [2.24, 2.45) is 20.0 Å². The molecular formula is C35H50N6O6. The van der Waals surface area contributed by atoms with E-state index in [1.165, 1.54) is 30.6 Å². The van der Waals surface area contributed by atoms with Crippen LogP contribution in [0, 0.1) is 43.8 Å². The number of benzene rings is 2. The second kappa shape index (κ2) is 42.7. The molecule has 2 rings (SSSR count).